The molecule has 2 aliphatic rings. The molecule has 2 aromatic carbocycles. The standard InChI is InChI=1S/C26H34N2O2/c1-18-11-13-28(14-12-18)17-20-6-8-21(9-7-20)25(29)27-23-16-26(3,4)30-24-15-19(2)5-10-22(23)24/h5-10,15,18,23H,11-14,16-17H2,1-4H3,(H,27,29)/t23-/m1/s1. The van der Waals surface area contributed by atoms with Crippen LogP contribution < -0.4 is 10.1 Å². The van der Waals surface area contributed by atoms with Crippen molar-refractivity contribution in [1.82, 2.24) is 10.2 Å². The van der Waals surface area contributed by atoms with Crippen molar-refractivity contribution in [2.24, 2.45) is 5.92 Å². The second-order valence-electron chi connectivity index (χ2n) is 9.79. The number of aryl methyl sites for hydroxylation is 1. The van der Waals surface area contributed by atoms with Gasteiger partial charge < -0.3 is 10.1 Å². The molecule has 1 fully saturated rings. The number of fused-ring (bicyclic) bond motifs is 1. The van der Waals surface area contributed by atoms with E-state index in [1.807, 2.05) is 12.1 Å². The van der Waals surface area contributed by atoms with E-state index in [2.05, 4.69) is 68.2 Å². The summed E-state index contributed by atoms with van der Waals surface area (Å²) in [5, 5.41) is 3.24. The number of ether oxygens (including phenoxy) is 1. The Hall–Kier alpha value is -2.33. The minimum absolute atomic E-state index is 0.0254. The summed E-state index contributed by atoms with van der Waals surface area (Å²) in [5.41, 5.74) is 3.90. The van der Waals surface area contributed by atoms with Crippen molar-refractivity contribution in [3.8, 4) is 5.75 Å². The molecule has 0 bridgehead atoms. The monoisotopic (exact) mass is 406 g/mol. The van der Waals surface area contributed by atoms with Crippen molar-refractivity contribution in [2.75, 3.05) is 13.1 Å². The molecule has 0 aliphatic carbocycles. The predicted octanol–water partition coefficient (Wildman–Crippen LogP) is 5.26. The Balaban J connectivity index is 1.43. The van der Waals surface area contributed by atoms with Gasteiger partial charge in [-0.1, -0.05) is 31.2 Å². The number of hydrogen-bond acceptors (Lipinski definition) is 3. The van der Waals surface area contributed by atoms with Gasteiger partial charge in [-0.15, -0.1) is 0 Å². The van der Waals surface area contributed by atoms with E-state index in [4.69, 9.17) is 4.74 Å². The third-order valence-electron chi connectivity index (χ3n) is 6.43. The normalized spacial score (nSPS) is 21.5. The molecular formula is C26H34N2O2. The van der Waals surface area contributed by atoms with Crippen molar-refractivity contribution >= 4 is 5.91 Å². The Morgan fingerprint density at radius 3 is 2.53 bits per heavy atom. The lowest BCUT2D eigenvalue weighted by molar-refractivity contribution is 0.0619. The first-order valence-electron chi connectivity index (χ1n) is 11.2. The fourth-order valence-corrected chi connectivity index (χ4v) is 4.57. The lowest BCUT2D eigenvalue weighted by Crippen LogP contribution is -2.41. The van der Waals surface area contributed by atoms with E-state index in [1.165, 1.54) is 31.5 Å². The maximum atomic E-state index is 13.0. The zero-order valence-electron chi connectivity index (χ0n) is 18.7. The fourth-order valence-electron chi connectivity index (χ4n) is 4.57. The first-order chi connectivity index (χ1) is 14.3. The number of rotatable bonds is 4. The van der Waals surface area contributed by atoms with Gasteiger partial charge in [0.1, 0.15) is 11.4 Å². The largest absolute Gasteiger partial charge is 0.487 e. The number of carbonyl (C=O) groups excluding carboxylic acids is 1. The molecule has 0 unspecified atom stereocenters. The van der Waals surface area contributed by atoms with E-state index < -0.39 is 0 Å². The molecule has 0 radical (unpaired) electrons. The van der Waals surface area contributed by atoms with Crippen LogP contribution in [0.5, 0.6) is 5.75 Å². The highest BCUT2D eigenvalue weighted by atomic mass is 16.5. The number of carbonyl (C=O) groups is 1. The quantitative estimate of drug-likeness (QED) is 0.753. The van der Waals surface area contributed by atoms with Gasteiger partial charge in [0.05, 0.1) is 6.04 Å². The van der Waals surface area contributed by atoms with E-state index >= 15 is 0 Å². The molecule has 1 amide bonds. The van der Waals surface area contributed by atoms with Crippen LogP contribution in [0.2, 0.25) is 0 Å². The van der Waals surface area contributed by atoms with Crippen molar-refractivity contribution in [2.45, 2.75) is 65.1 Å². The molecule has 30 heavy (non-hydrogen) atoms. The maximum Gasteiger partial charge on any atom is 0.251 e. The molecule has 4 rings (SSSR count). The third-order valence-corrected chi connectivity index (χ3v) is 6.43. The average molecular weight is 407 g/mol. The average Bonchev–Trinajstić information content (AvgIpc) is 2.69. The van der Waals surface area contributed by atoms with Gasteiger partial charge in [-0.05, 0) is 81.9 Å². The zero-order valence-corrected chi connectivity index (χ0v) is 18.7. The summed E-state index contributed by atoms with van der Waals surface area (Å²) in [6.45, 7) is 11.9. The summed E-state index contributed by atoms with van der Waals surface area (Å²) in [4.78, 5) is 15.5. The van der Waals surface area contributed by atoms with Crippen molar-refractivity contribution in [3.63, 3.8) is 0 Å². The number of likely N-dealkylation sites (tertiary alicyclic amines) is 1. The van der Waals surface area contributed by atoms with E-state index in [0.717, 1.165) is 35.8 Å². The Morgan fingerprint density at radius 2 is 1.83 bits per heavy atom. The van der Waals surface area contributed by atoms with Gasteiger partial charge in [-0.3, -0.25) is 9.69 Å². The Morgan fingerprint density at radius 1 is 1.13 bits per heavy atom. The lowest BCUT2D eigenvalue weighted by Gasteiger charge is -2.38. The van der Waals surface area contributed by atoms with Gasteiger partial charge in [0.25, 0.3) is 5.91 Å². The van der Waals surface area contributed by atoms with E-state index in [9.17, 15) is 4.79 Å². The van der Waals surface area contributed by atoms with Crippen LogP contribution in [0.4, 0.5) is 0 Å². The highest BCUT2D eigenvalue weighted by molar-refractivity contribution is 5.94. The maximum absolute atomic E-state index is 13.0. The number of piperidine rings is 1. The van der Waals surface area contributed by atoms with Crippen LogP contribution in [0.3, 0.4) is 0 Å². The molecule has 1 N–H and O–H groups in total. The molecule has 2 aliphatic heterocycles. The van der Waals surface area contributed by atoms with E-state index in [1.54, 1.807) is 0 Å². The predicted molar refractivity (Wildman–Crippen MR) is 121 cm³/mol. The summed E-state index contributed by atoms with van der Waals surface area (Å²) in [5.74, 6) is 1.70. The molecule has 1 atom stereocenters. The van der Waals surface area contributed by atoms with Gasteiger partial charge in [0.2, 0.25) is 0 Å². The van der Waals surface area contributed by atoms with Crippen LogP contribution in [-0.4, -0.2) is 29.5 Å². The molecule has 2 aromatic rings. The first kappa shape index (κ1) is 20.9. The Kier molecular flexibility index (Phi) is 5.88. The van der Waals surface area contributed by atoms with Crippen molar-refractivity contribution in [1.29, 1.82) is 0 Å². The summed E-state index contributed by atoms with van der Waals surface area (Å²) in [6, 6.07) is 14.3. The molecule has 4 nitrogen and oxygen atoms in total. The highest BCUT2D eigenvalue weighted by Gasteiger charge is 2.34. The SMILES string of the molecule is Cc1ccc2c(c1)OC(C)(C)C[C@H]2NC(=O)c1ccc(CN2CCC(C)CC2)cc1. The first-order valence-corrected chi connectivity index (χ1v) is 11.2. The van der Waals surface area contributed by atoms with Gasteiger partial charge in [0.15, 0.2) is 0 Å². The zero-order chi connectivity index (χ0) is 21.3. The van der Waals surface area contributed by atoms with Gasteiger partial charge >= 0.3 is 0 Å². The molecule has 1 saturated heterocycles. The van der Waals surface area contributed by atoms with Gasteiger partial charge in [-0.2, -0.15) is 0 Å². The van der Waals surface area contributed by atoms with E-state index in [0.29, 0.717) is 5.56 Å². The molecule has 0 saturated carbocycles. The Labute approximate surface area is 180 Å². The Bertz CT molecular complexity index is 896. The minimum Gasteiger partial charge on any atom is -0.487 e. The van der Waals surface area contributed by atoms with E-state index in [-0.39, 0.29) is 17.6 Å². The molecule has 2 heterocycles. The van der Waals surface area contributed by atoms with Crippen molar-refractivity contribution < 1.29 is 9.53 Å². The van der Waals surface area contributed by atoms with Crippen LogP contribution in [0.1, 0.15) is 73.1 Å². The van der Waals surface area contributed by atoms with Crippen LogP contribution in [0.15, 0.2) is 42.5 Å². The van der Waals surface area contributed by atoms with Crippen LogP contribution in [-0.2, 0) is 6.54 Å². The molecule has 160 valence electrons. The number of hydrogen-bond donors (Lipinski definition) is 1. The number of benzene rings is 2. The van der Waals surface area contributed by atoms with Crippen LogP contribution >= 0.6 is 0 Å². The number of nitrogens with one attached hydrogen (secondary N) is 1. The smallest absolute Gasteiger partial charge is 0.251 e. The topological polar surface area (TPSA) is 41.6 Å². The lowest BCUT2D eigenvalue weighted by atomic mass is 9.89. The molecule has 0 spiro atoms. The summed E-state index contributed by atoms with van der Waals surface area (Å²) in [6.07, 6.45) is 3.31. The van der Waals surface area contributed by atoms with Gasteiger partial charge in [-0.25, -0.2) is 0 Å². The van der Waals surface area contributed by atoms with Crippen LogP contribution in [0, 0.1) is 12.8 Å². The summed E-state index contributed by atoms with van der Waals surface area (Å²) >= 11 is 0. The second kappa shape index (κ2) is 8.43. The molecule has 4 heteroatoms. The number of amides is 1. The fraction of sp³-hybridized carbons (Fsp3) is 0.500. The summed E-state index contributed by atoms with van der Waals surface area (Å²) in [7, 11) is 0. The summed E-state index contributed by atoms with van der Waals surface area (Å²) < 4.78 is 6.16. The molecule has 0 aromatic heterocycles. The number of nitrogens with zero attached hydrogens (tertiary/aromatic N) is 1. The minimum atomic E-state index is -0.311. The second-order valence-corrected chi connectivity index (χ2v) is 9.79. The third kappa shape index (κ3) is 4.86. The highest BCUT2D eigenvalue weighted by Crippen LogP contribution is 2.40. The van der Waals surface area contributed by atoms with Gasteiger partial charge in [0, 0.05) is 24.1 Å². The van der Waals surface area contributed by atoms with Crippen molar-refractivity contribution in [3.05, 3.63) is 64.7 Å². The molecular weight excluding hydrogens is 372 g/mol. The van der Waals surface area contributed by atoms with Crippen LogP contribution in [0.25, 0.3) is 0 Å².